The van der Waals surface area contributed by atoms with Crippen molar-refractivity contribution < 1.29 is 4.79 Å². The maximum Gasteiger partial charge on any atom is 0.136 e. The van der Waals surface area contributed by atoms with Crippen LogP contribution in [0.4, 0.5) is 0 Å². The first-order chi connectivity index (χ1) is 13.3. The van der Waals surface area contributed by atoms with Gasteiger partial charge in [0.15, 0.2) is 0 Å². The highest BCUT2D eigenvalue weighted by molar-refractivity contribution is 5.82. The van der Waals surface area contributed by atoms with Gasteiger partial charge in [-0.05, 0) is 91.3 Å². The van der Waals surface area contributed by atoms with E-state index in [2.05, 4.69) is 52.8 Å². The van der Waals surface area contributed by atoms with Crippen molar-refractivity contribution in [3.8, 4) is 0 Å². The van der Waals surface area contributed by atoms with Gasteiger partial charge < -0.3 is 0 Å². The molecule has 0 spiro atoms. The summed E-state index contributed by atoms with van der Waals surface area (Å²) in [5.41, 5.74) is 2.35. The van der Waals surface area contributed by atoms with Gasteiger partial charge in [0.25, 0.3) is 0 Å². The molecule has 28 heavy (non-hydrogen) atoms. The van der Waals surface area contributed by atoms with E-state index in [-0.39, 0.29) is 0 Å². The second-order valence-corrected chi connectivity index (χ2v) is 11.6. The molecular formula is C27H42O. The summed E-state index contributed by atoms with van der Waals surface area (Å²) in [6.07, 6.45) is 18.3. The average molecular weight is 383 g/mol. The van der Waals surface area contributed by atoms with E-state index in [4.69, 9.17) is 0 Å². The molecule has 0 amide bonds. The van der Waals surface area contributed by atoms with Gasteiger partial charge in [-0.25, -0.2) is 0 Å². The van der Waals surface area contributed by atoms with Crippen LogP contribution in [-0.4, -0.2) is 5.78 Å². The van der Waals surface area contributed by atoms with Gasteiger partial charge in [0, 0.05) is 12.8 Å². The predicted molar refractivity (Wildman–Crippen MR) is 118 cm³/mol. The van der Waals surface area contributed by atoms with E-state index < -0.39 is 0 Å². The normalized spacial score (nSPS) is 44.2. The van der Waals surface area contributed by atoms with Crippen molar-refractivity contribution in [2.24, 2.45) is 46.3 Å². The summed E-state index contributed by atoms with van der Waals surface area (Å²) in [6.45, 7) is 12.3. The van der Waals surface area contributed by atoms with Gasteiger partial charge in [0.05, 0.1) is 0 Å². The first kappa shape index (κ1) is 20.4. The number of allylic oxidation sites excluding steroid dienone is 4. The molecule has 156 valence electrons. The smallest absolute Gasteiger partial charge is 0.136 e. The van der Waals surface area contributed by atoms with Crippen molar-refractivity contribution in [1.82, 2.24) is 0 Å². The quantitative estimate of drug-likeness (QED) is 0.464. The second kappa shape index (κ2) is 7.44. The Morgan fingerprint density at radius 3 is 2.64 bits per heavy atom. The fourth-order valence-corrected chi connectivity index (χ4v) is 8.08. The third kappa shape index (κ3) is 3.25. The first-order valence-corrected chi connectivity index (χ1v) is 12.1. The van der Waals surface area contributed by atoms with Crippen LogP contribution < -0.4 is 0 Å². The standard InChI is InChI=1S/C27H42O/c1-18(2)7-6-8-19(3)23-11-12-24-22-10-9-20-17-21(28)13-15-26(20,4)25(22)14-16-27(23,24)5/h6,8-9,18-19,22-25H,7,10-17H2,1-5H3/b8-6+/t19-,22?,23-,24?,25?,26+,27-/m1/s1. The lowest BCUT2D eigenvalue weighted by molar-refractivity contribution is -0.122. The Hall–Kier alpha value is -0.850. The van der Waals surface area contributed by atoms with Gasteiger partial charge in [0.2, 0.25) is 0 Å². The Morgan fingerprint density at radius 1 is 1.11 bits per heavy atom. The van der Waals surface area contributed by atoms with E-state index in [0.717, 1.165) is 48.9 Å². The number of Topliss-reactive ketones (excluding diaryl/α,β-unsaturated/α-hetero) is 1. The molecule has 3 unspecified atom stereocenters. The minimum atomic E-state index is 0.318. The van der Waals surface area contributed by atoms with Crippen LogP contribution in [0.3, 0.4) is 0 Å². The Kier molecular flexibility index (Phi) is 5.43. The van der Waals surface area contributed by atoms with Crippen LogP contribution in [0.25, 0.3) is 0 Å². The highest BCUT2D eigenvalue weighted by Gasteiger charge is 2.58. The molecule has 1 heteroatoms. The van der Waals surface area contributed by atoms with Crippen LogP contribution in [0.1, 0.15) is 92.4 Å². The van der Waals surface area contributed by atoms with Crippen molar-refractivity contribution in [3.05, 3.63) is 23.8 Å². The summed E-state index contributed by atoms with van der Waals surface area (Å²) < 4.78 is 0. The largest absolute Gasteiger partial charge is 0.299 e. The molecule has 0 N–H and O–H groups in total. The molecule has 4 rings (SSSR count). The van der Waals surface area contributed by atoms with Crippen LogP contribution in [0.5, 0.6) is 0 Å². The zero-order valence-corrected chi connectivity index (χ0v) is 19.0. The third-order valence-electron chi connectivity index (χ3n) is 9.69. The summed E-state index contributed by atoms with van der Waals surface area (Å²) in [6, 6.07) is 0. The SMILES string of the molecule is CC(C)C/C=C/[C@@H](C)[C@H]1CCC2C3CC=C4CC(=O)CC[C@]4(C)C3CC[C@@]21C. The molecule has 0 saturated heterocycles. The van der Waals surface area contributed by atoms with Crippen LogP contribution in [0.2, 0.25) is 0 Å². The van der Waals surface area contributed by atoms with Crippen molar-refractivity contribution >= 4 is 5.78 Å². The summed E-state index contributed by atoms with van der Waals surface area (Å²) in [5.74, 6) is 5.38. The van der Waals surface area contributed by atoms with Gasteiger partial charge in [-0.3, -0.25) is 4.79 Å². The monoisotopic (exact) mass is 382 g/mol. The highest BCUT2D eigenvalue weighted by atomic mass is 16.1. The summed E-state index contributed by atoms with van der Waals surface area (Å²) in [7, 11) is 0. The van der Waals surface area contributed by atoms with Gasteiger partial charge in [-0.1, -0.05) is 58.4 Å². The molecule has 0 heterocycles. The molecule has 4 aliphatic carbocycles. The first-order valence-electron chi connectivity index (χ1n) is 12.1. The molecule has 0 aromatic heterocycles. The van der Waals surface area contributed by atoms with Gasteiger partial charge >= 0.3 is 0 Å². The summed E-state index contributed by atoms with van der Waals surface area (Å²) in [5, 5.41) is 0. The topological polar surface area (TPSA) is 17.1 Å². The molecule has 4 aliphatic rings. The number of hydrogen-bond acceptors (Lipinski definition) is 1. The minimum absolute atomic E-state index is 0.318. The molecule has 0 aromatic carbocycles. The van der Waals surface area contributed by atoms with Crippen molar-refractivity contribution in [1.29, 1.82) is 0 Å². The van der Waals surface area contributed by atoms with E-state index in [1.54, 1.807) is 0 Å². The van der Waals surface area contributed by atoms with Crippen LogP contribution in [0, 0.1) is 46.3 Å². The zero-order chi connectivity index (χ0) is 20.1. The number of hydrogen-bond donors (Lipinski definition) is 0. The fourth-order valence-electron chi connectivity index (χ4n) is 8.08. The van der Waals surface area contributed by atoms with Crippen molar-refractivity contribution in [3.63, 3.8) is 0 Å². The molecule has 3 saturated carbocycles. The van der Waals surface area contributed by atoms with Gasteiger partial charge in [-0.15, -0.1) is 0 Å². The number of carbonyl (C=O) groups is 1. The summed E-state index contributed by atoms with van der Waals surface area (Å²) in [4.78, 5) is 12.1. The van der Waals surface area contributed by atoms with E-state index in [0.29, 0.717) is 22.5 Å². The lowest BCUT2D eigenvalue weighted by Gasteiger charge is -2.57. The maximum absolute atomic E-state index is 12.1. The molecule has 0 bridgehead atoms. The van der Waals surface area contributed by atoms with Crippen LogP contribution >= 0.6 is 0 Å². The maximum atomic E-state index is 12.1. The Bertz CT molecular complexity index is 670. The Labute approximate surface area is 173 Å². The molecule has 0 radical (unpaired) electrons. The van der Waals surface area contributed by atoms with E-state index >= 15 is 0 Å². The van der Waals surface area contributed by atoms with Crippen LogP contribution in [0.15, 0.2) is 23.8 Å². The minimum Gasteiger partial charge on any atom is -0.299 e. The Morgan fingerprint density at radius 2 is 1.89 bits per heavy atom. The van der Waals surface area contributed by atoms with Gasteiger partial charge in [0.1, 0.15) is 5.78 Å². The molecular weight excluding hydrogens is 340 g/mol. The lowest BCUT2D eigenvalue weighted by Crippen LogP contribution is -2.50. The second-order valence-electron chi connectivity index (χ2n) is 11.6. The molecule has 3 fully saturated rings. The molecule has 0 aliphatic heterocycles. The van der Waals surface area contributed by atoms with E-state index in [1.807, 2.05) is 0 Å². The Balaban J connectivity index is 1.54. The summed E-state index contributed by atoms with van der Waals surface area (Å²) >= 11 is 0. The third-order valence-corrected chi connectivity index (χ3v) is 9.69. The molecule has 0 aromatic rings. The van der Waals surface area contributed by atoms with Crippen molar-refractivity contribution in [2.45, 2.75) is 92.4 Å². The zero-order valence-electron chi connectivity index (χ0n) is 19.0. The van der Waals surface area contributed by atoms with Crippen LogP contribution in [-0.2, 0) is 4.79 Å². The predicted octanol–water partition coefficient (Wildman–Crippen LogP) is 7.37. The van der Waals surface area contributed by atoms with E-state index in [1.165, 1.54) is 44.1 Å². The van der Waals surface area contributed by atoms with E-state index in [9.17, 15) is 4.79 Å². The van der Waals surface area contributed by atoms with Crippen molar-refractivity contribution in [2.75, 3.05) is 0 Å². The fraction of sp³-hybridized carbons (Fsp3) is 0.815. The number of fused-ring (bicyclic) bond motifs is 5. The molecule has 7 atom stereocenters. The van der Waals surface area contributed by atoms with Gasteiger partial charge in [-0.2, -0.15) is 0 Å². The molecule has 1 nitrogen and oxygen atoms in total. The number of rotatable bonds is 4. The average Bonchev–Trinajstić information content (AvgIpc) is 2.99. The lowest BCUT2D eigenvalue weighted by atomic mass is 9.47. The number of ketones is 1. The number of carbonyl (C=O) groups excluding carboxylic acids is 1. The highest BCUT2D eigenvalue weighted by Crippen LogP contribution is 2.67.